The third kappa shape index (κ3) is 1.98. The van der Waals surface area contributed by atoms with Crippen LogP contribution in [0.1, 0.15) is 13.3 Å². The van der Waals surface area contributed by atoms with Gasteiger partial charge in [0.2, 0.25) is 0 Å². The summed E-state index contributed by atoms with van der Waals surface area (Å²) in [5, 5.41) is 0. The zero-order valence-electron chi connectivity index (χ0n) is 5.58. The van der Waals surface area contributed by atoms with E-state index in [-0.39, 0.29) is 6.23 Å². The van der Waals surface area contributed by atoms with E-state index in [1.54, 1.807) is 0 Å². The SMILES string of the molecule is CCO[C@H]1C=CCC=N1. The lowest BCUT2D eigenvalue weighted by molar-refractivity contribution is 0.102. The average molecular weight is 125 g/mol. The Morgan fingerprint density at radius 2 is 2.67 bits per heavy atom. The summed E-state index contributed by atoms with van der Waals surface area (Å²) in [7, 11) is 0. The number of aliphatic imine (C=N–C) groups is 1. The maximum atomic E-state index is 5.20. The van der Waals surface area contributed by atoms with Crippen LogP contribution in [0.5, 0.6) is 0 Å². The van der Waals surface area contributed by atoms with E-state index >= 15 is 0 Å². The van der Waals surface area contributed by atoms with E-state index in [0.717, 1.165) is 13.0 Å². The topological polar surface area (TPSA) is 21.6 Å². The van der Waals surface area contributed by atoms with Gasteiger partial charge in [-0.05, 0) is 13.0 Å². The Balaban J connectivity index is 2.31. The number of dihydropyridines is 1. The predicted octanol–water partition coefficient (Wildman–Crippen LogP) is 1.38. The van der Waals surface area contributed by atoms with Gasteiger partial charge in [0.15, 0.2) is 6.23 Å². The first-order chi connectivity index (χ1) is 4.43. The lowest BCUT2D eigenvalue weighted by Crippen LogP contribution is -2.08. The van der Waals surface area contributed by atoms with Crippen LogP contribution in [0.4, 0.5) is 0 Å². The Kier molecular flexibility index (Phi) is 2.46. The quantitative estimate of drug-likeness (QED) is 0.511. The first kappa shape index (κ1) is 6.49. The fraction of sp³-hybridized carbons (Fsp3) is 0.571. The first-order valence-corrected chi connectivity index (χ1v) is 3.23. The van der Waals surface area contributed by atoms with E-state index < -0.39 is 0 Å². The zero-order chi connectivity index (χ0) is 6.53. The fourth-order valence-electron chi connectivity index (χ4n) is 0.740. The molecule has 0 saturated carbocycles. The first-order valence-electron chi connectivity index (χ1n) is 3.23. The van der Waals surface area contributed by atoms with Gasteiger partial charge in [0, 0.05) is 19.2 Å². The summed E-state index contributed by atoms with van der Waals surface area (Å²) in [5.74, 6) is 0. The molecular formula is C7H11NO. The predicted molar refractivity (Wildman–Crippen MR) is 37.7 cm³/mol. The number of ether oxygens (including phenoxy) is 1. The van der Waals surface area contributed by atoms with Crippen molar-refractivity contribution in [2.24, 2.45) is 4.99 Å². The normalized spacial score (nSPS) is 24.8. The Hall–Kier alpha value is -0.630. The summed E-state index contributed by atoms with van der Waals surface area (Å²) in [4.78, 5) is 4.09. The molecule has 50 valence electrons. The Morgan fingerprint density at radius 1 is 1.78 bits per heavy atom. The van der Waals surface area contributed by atoms with Gasteiger partial charge in [-0.25, -0.2) is 0 Å². The van der Waals surface area contributed by atoms with Crippen molar-refractivity contribution in [3.8, 4) is 0 Å². The second-order valence-corrected chi connectivity index (χ2v) is 1.84. The van der Waals surface area contributed by atoms with Crippen LogP contribution in [0.25, 0.3) is 0 Å². The lowest BCUT2D eigenvalue weighted by atomic mass is 10.3. The summed E-state index contributed by atoms with van der Waals surface area (Å²) in [6.07, 6.45) is 6.85. The van der Waals surface area contributed by atoms with Gasteiger partial charge in [-0.3, -0.25) is 4.99 Å². The molecule has 1 atom stereocenters. The van der Waals surface area contributed by atoms with Crippen LogP contribution in [0.2, 0.25) is 0 Å². The van der Waals surface area contributed by atoms with Gasteiger partial charge in [0.05, 0.1) is 0 Å². The van der Waals surface area contributed by atoms with Crippen molar-refractivity contribution in [3.63, 3.8) is 0 Å². The lowest BCUT2D eigenvalue weighted by Gasteiger charge is -2.08. The summed E-state index contributed by atoms with van der Waals surface area (Å²) < 4.78 is 5.20. The number of allylic oxidation sites excluding steroid dienone is 1. The highest BCUT2D eigenvalue weighted by Gasteiger charge is 1.99. The van der Waals surface area contributed by atoms with Crippen molar-refractivity contribution in [3.05, 3.63) is 12.2 Å². The minimum absolute atomic E-state index is 0.0104. The van der Waals surface area contributed by atoms with Crippen LogP contribution in [-0.2, 0) is 4.74 Å². The van der Waals surface area contributed by atoms with Gasteiger partial charge in [-0.2, -0.15) is 0 Å². The molecule has 2 heteroatoms. The summed E-state index contributed by atoms with van der Waals surface area (Å²) in [6, 6.07) is 0. The molecule has 0 saturated heterocycles. The highest BCUT2D eigenvalue weighted by atomic mass is 16.5. The molecule has 0 spiro atoms. The maximum Gasteiger partial charge on any atom is 0.166 e. The van der Waals surface area contributed by atoms with Gasteiger partial charge in [0.25, 0.3) is 0 Å². The van der Waals surface area contributed by atoms with Gasteiger partial charge >= 0.3 is 0 Å². The largest absolute Gasteiger partial charge is 0.353 e. The van der Waals surface area contributed by atoms with Crippen molar-refractivity contribution < 1.29 is 4.74 Å². The molecule has 1 rings (SSSR count). The second kappa shape index (κ2) is 3.41. The van der Waals surface area contributed by atoms with Crippen LogP contribution >= 0.6 is 0 Å². The molecule has 9 heavy (non-hydrogen) atoms. The molecule has 0 aromatic carbocycles. The molecule has 1 heterocycles. The molecule has 0 bridgehead atoms. The van der Waals surface area contributed by atoms with Crippen molar-refractivity contribution in [2.75, 3.05) is 6.61 Å². The molecule has 1 aliphatic heterocycles. The van der Waals surface area contributed by atoms with Gasteiger partial charge in [0.1, 0.15) is 0 Å². The molecule has 0 fully saturated rings. The highest BCUT2D eigenvalue weighted by Crippen LogP contribution is 2.01. The van der Waals surface area contributed by atoms with Crippen LogP contribution in [0, 0.1) is 0 Å². The van der Waals surface area contributed by atoms with Gasteiger partial charge in [-0.1, -0.05) is 6.08 Å². The van der Waals surface area contributed by atoms with Crippen molar-refractivity contribution >= 4 is 6.21 Å². The van der Waals surface area contributed by atoms with Gasteiger partial charge < -0.3 is 4.74 Å². The number of hydrogen-bond acceptors (Lipinski definition) is 2. The maximum absolute atomic E-state index is 5.20. The molecule has 2 nitrogen and oxygen atoms in total. The average Bonchev–Trinajstić information content (AvgIpc) is 1.91. The molecule has 0 N–H and O–H groups in total. The van der Waals surface area contributed by atoms with Crippen molar-refractivity contribution in [2.45, 2.75) is 19.6 Å². The Morgan fingerprint density at radius 3 is 3.22 bits per heavy atom. The van der Waals surface area contributed by atoms with Crippen LogP contribution in [0.3, 0.4) is 0 Å². The van der Waals surface area contributed by atoms with E-state index in [1.165, 1.54) is 0 Å². The van der Waals surface area contributed by atoms with Crippen LogP contribution in [-0.4, -0.2) is 19.0 Å². The summed E-state index contributed by atoms with van der Waals surface area (Å²) in [6.45, 7) is 2.70. The van der Waals surface area contributed by atoms with E-state index in [0.29, 0.717) is 0 Å². The number of rotatable bonds is 2. The fourth-order valence-corrected chi connectivity index (χ4v) is 0.740. The smallest absolute Gasteiger partial charge is 0.166 e. The molecular weight excluding hydrogens is 114 g/mol. The molecule has 0 aromatic heterocycles. The summed E-state index contributed by atoms with van der Waals surface area (Å²) >= 11 is 0. The second-order valence-electron chi connectivity index (χ2n) is 1.84. The van der Waals surface area contributed by atoms with E-state index in [4.69, 9.17) is 4.74 Å². The van der Waals surface area contributed by atoms with Crippen molar-refractivity contribution in [1.82, 2.24) is 0 Å². The number of hydrogen-bond donors (Lipinski definition) is 0. The molecule has 0 aromatic rings. The van der Waals surface area contributed by atoms with Crippen LogP contribution in [0.15, 0.2) is 17.1 Å². The molecule has 1 aliphatic rings. The number of nitrogens with zero attached hydrogens (tertiary/aromatic N) is 1. The third-order valence-electron chi connectivity index (χ3n) is 1.13. The molecule has 0 amide bonds. The van der Waals surface area contributed by atoms with Crippen LogP contribution < -0.4 is 0 Å². The zero-order valence-corrected chi connectivity index (χ0v) is 5.58. The molecule has 0 aliphatic carbocycles. The van der Waals surface area contributed by atoms with E-state index in [9.17, 15) is 0 Å². The highest BCUT2D eigenvalue weighted by molar-refractivity contribution is 5.61. The summed E-state index contributed by atoms with van der Waals surface area (Å²) in [5.41, 5.74) is 0. The Labute approximate surface area is 55.2 Å². The van der Waals surface area contributed by atoms with Crippen molar-refractivity contribution in [1.29, 1.82) is 0 Å². The monoisotopic (exact) mass is 125 g/mol. The Bertz CT molecular complexity index is 117. The third-order valence-corrected chi connectivity index (χ3v) is 1.13. The minimum Gasteiger partial charge on any atom is -0.353 e. The standard InChI is InChI=1S/C7H11NO/c1-2-9-7-5-3-4-6-8-7/h3,5-7H,2,4H2,1H3/t7-/m0/s1. The van der Waals surface area contributed by atoms with E-state index in [1.807, 2.05) is 19.2 Å². The van der Waals surface area contributed by atoms with E-state index in [2.05, 4.69) is 11.1 Å². The molecule has 0 radical (unpaired) electrons. The molecule has 0 unspecified atom stereocenters. The van der Waals surface area contributed by atoms with Gasteiger partial charge in [-0.15, -0.1) is 0 Å². The minimum atomic E-state index is -0.0104.